The molecule has 72 valence electrons. The van der Waals surface area contributed by atoms with E-state index in [1.54, 1.807) is 0 Å². The van der Waals surface area contributed by atoms with E-state index in [2.05, 4.69) is 6.07 Å². The number of nitriles is 1. The van der Waals surface area contributed by atoms with Crippen LogP contribution in [0.2, 0.25) is 0 Å². The van der Waals surface area contributed by atoms with Crippen molar-refractivity contribution in [3.05, 3.63) is 23.3 Å². The van der Waals surface area contributed by atoms with Crippen molar-refractivity contribution in [3.63, 3.8) is 0 Å². The third-order valence-corrected chi connectivity index (χ3v) is 2.30. The minimum absolute atomic E-state index is 0.373. The standard InChI is InChI=1S/C11H11NO2/c1-8-2-3-10-11(9(8)4-5-12)14-7-6-13-10/h2-3H,4,6-7H2,1H3. The number of benzene rings is 1. The molecule has 0 aliphatic carbocycles. The maximum Gasteiger partial charge on any atom is 0.165 e. The van der Waals surface area contributed by atoms with E-state index in [-0.39, 0.29) is 0 Å². The third kappa shape index (κ3) is 1.39. The van der Waals surface area contributed by atoms with Crippen molar-refractivity contribution in [2.45, 2.75) is 13.3 Å². The Kier molecular flexibility index (Phi) is 2.28. The van der Waals surface area contributed by atoms with Gasteiger partial charge in [-0.25, -0.2) is 0 Å². The Morgan fingerprint density at radius 3 is 2.93 bits per heavy atom. The molecule has 1 heterocycles. The molecule has 2 rings (SSSR count). The second-order valence-electron chi connectivity index (χ2n) is 3.22. The molecule has 3 nitrogen and oxygen atoms in total. The summed E-state index contributed by atoms with van der Waals surface area (Å²) in [4.78, 5) is 0. The molecule has 3 heteroatoms. The molecule has 1 aliphatic rings. The van der Waals surface area contributed by atoms with E-state index in [9.17, 15) is 0 Å². The average molecular weight is 189 g/mol. The molecule has 0 aromatic heterocycles. The lowest BCUT2D eigenvalue weighted by Crippen LogP contribution is -2.16. The van der Waals surface area contributed by atoms with Crippen molar-refractivity contribution >= 4 is 0 Å². The molecule has 0 unspecified atom stereocenters. The van der Waals surface area contributed by atoms with E-state index in [4.69, 9.17) is 14.7 Å². The maximum absolute atomic E-state index is 8.70. The summed E-state index contributed by atoms with van der Waals surface area (Å²) in [5.74, 6) is 1.50. The van der Waals surface area contributed by atoms with Crippen LogP contribution in [-0.2, 0) is 6.42 Å². The highest BCUT2D eigenvalue weighted by Crippen LogP contribution is 2.35. The predicted molar refractivity (Wildman–Crippen MR) is 51.5 cm³/mol. The fraction of sp³-hybridized carbons (Fsp3) is 0.364. The first-order chi connectivity index (χ1) is 6.83. The van der Waals surface area contributed by atoms with E-state index in [1.807, 2.05) is 19.1 Å². The summed E-state index contributed by atoms with van der Waals surface area (Å²) in [6.45, 7) is 3.13. The molecule has 0 spiro atoms. The molecule has 1 aromatic carbocycles. The first kappa shape index (κ1) is 8.89. The van der Waals surface area contributed by atoms with Gasteiger partial charge in [0.05, 0.1) is 12.5 Å². The van der Waals surface area contributed by atoms with Crippen LogP contribution in [0.1, 0.15) is 11.1 Å². The lowest BCUT2D eigenvalue weighted by Gasteiger charge is -2.21. The van der Waals surface area contributed by atoms with Crippen LogP contribution < -0.4 is 9.47 Å². The molecular weight excluding hydrogens is 178 g/mol. The zero-order valence-corrected chi connectivity index (χ0v) is 8.04. The number of fused-ring (bicyclic) bond motifs is 1. The molecule has 0 saturated heterocycles. The zero-order chi connectivity index (χ0) is 9.97. The van der Waals surface area contributed by atoms with Crippen LogP contribution in [0.15, 0.2) is 12.1 Å². The maximum atomic E-state index is 8.70. The van der Waals surface area contributed by atoms with Crippen LogP contribution in [0.25, 0.3) is 0 Å². The Morgan fingerprint density at radius 1 is 1.36 bits per heavy atom. The van der Waals surface area contributed by atoms with Crippen molar-refractivity contribution in [3.8, 4) is 17.6 Å². The molecule has 0 bridgehead atoms. The van der Waals surface area contributed by atoms with Gasteiger partial charge < -0.3 is 9.47 Å². The minimum Gasteiger partial charge on any atom is -0.486 e. The Morgan fingerprint density at radius 2 is 2.14 bits per heavy atom. The Labute approximate surface area is 82.9 Å². The molecule has 0 fully saturated rings. The van der Waals surface area contributed by atoms with Gasteiger partial charge in [0, 0.05) is 5.56 Å². The molecule has 0 N–H and O–H groups in total. The highest BCUT2D eigenvalue weighted by molar-refractivity contribution is 5.52. The summed E-state index contributed by atoms with van der Waals surface area (Å²) < 4.78 is 10.9. The van der Waals surface area contributed by atoms with Crippen molar-refractivity contribution < 1.29 is 9.47 Å². The number of nitrogens with zero attached hydrogens (tertiary/aromatic N) is 1. The third-order valence-electron chi connectivity index (χ3n) is 2.30. The van der Waals surface area contributed by atoms with Crippen LogP contribution in [0.3, 0.4) is 0 Å². The van der Waals surface area contributed by atoms with Crippen LogP contribution in [-0.4, -0.2) is 13.2 Å². The van der Waals surface area contributed by atoms with Gasteiger partial charge >= 0.3 is 0 Å². The molecular formula is C11H11NO2. The average Bonchev–Trinajstić information content (AvgIpc) is 2.23. The Bertz CT molecular complexity index is 393. The monoisotopic (exact) mass is 189 g/mol. The van der Waals surface area contributed by atoms with Gasteiger partial charge in [0.1, 0.15) is 13.2 Å². The molecule has 0 amide bonds. The van der Waals surface area contributed by atoms with E-state index in [0.717, 1.165) is 22.6 Å². The quantitative estimate of drug-likeness (QED) is 0.676. The Balaban J connectivity index is 2.50. The van der Waals surface area contributed by atoms with Gasteiger partial charge in [0.25, 0.3) is 0 Å². The van der Waals surface area contributed by atoms with E-state index in [0.29, 0.717) is 19.6 Å². The van der Waals surface area contributed by atoms with Gasteiger partial charge in [-0.05, 0) is 18.6 Å². The van der Waals surface area contributed by atoms with Gasteiger partial charge in [-0.2, -0.15) is 5.26 Å². The summed E-state index contributed by atoms with van der Waals surface area (Å²) in [5.41, 5.74) is 2.03. The summed E-state index contributed by atoms with van der Waals surface area (Å²) >= 11 is 0. The van der Waals surface area contributed by atoms with Crippen molar-refractivity contribution in [2.75, 3.05) is 13.2 Å². The number of rotatable bonds is 1. The van der Waals surface area contributed by atoms with Gasteiger partial charge in [0.15, 0.2) is 11.5 Å². The molecule has 0 radical (unpaired) electrons. The van der Waals surface area contributed by atoms with Gasteiger partial charge in [-0.15, -0.1) is 0 Å². The zero-order valence-electron chi connectivity index (χ0n) is 8.04. The highest BCUT2D eigenvalue weighted by Gasteiger charge is 2.17. The van der Waals surface area contributed by atoms with Crippen LogP contribution in [0.4, 0.5) is 0 Å². The van der Waals surface area contributed by atoms with Crippen molar-refractivity contribution in [1.29, 1.82) is 5.26 Å². The number of hydrogen-bond acceptors (Lipinski definition) is 3. The van der Waals surface area contributed by atoms with Crippen LogP contribution in [0.5, 0.6) is 11.5 Å². The molecule has 0 saturated carbocycles. The first-order valence-electron chi connectivity index (χ1n) is 4.58. The highest BCUT2D eigenvalue weighted by atomic mass is 16.6. The van der Waals surface area contributed by atoms with Crippen molar-refractivity contribution in [2.24, 2.45) is 0 Å². The van der Waals surface area contributed by atoms with Gasteiger partial charge in [-0.1, -0.05) is 6.07 Å². The second-order valence-corrected chi connectivity index (χ2v) is 3.22. The SMILES string of the molecule is Cc1ccc2c(c1CC#N)OCCO2. The summed E-state index contributed by atoms with van der Waals surface area (Å²) in [7, 11) is 0. The summed E-state index contributed by atoms with van der Waals surface area (Å²) in [6, 6.07) is 5.99. The first-order valence-corrected chi connectivity index (χ1v) is 4.58. The minimum atomic E-state index is 0.373. The van der Waals surface area contributed by atoms with E-state index in [1.165, 1.54) is 0 Å². The van der Waals surface area contributed by atoms with Gasteiger partial charge in [0.2, 0.25) is 0 Å². The van der Waals surface area contributed by atoms with Crippen molar-refractivity contribution in [1.82, 2.24) is 0 Å². The van der Waals surface area contributed by atoms with Crippen LogP contribution in [0, 0.1) is 18.3 Å². The lowest BCUT2D eigenvalue weighted by atomic mass is 10.0. The molecule has 14 heavy (non-hydrogen) atoms. The predicted octanol–water partition coefficient (Wildman–Crippen LogP) is 1.83. The smallest absolute Gasteiger partial charge is 0.165 e. The van der Waals surface area contributed by atoms with E-state index >= 15 is 0 Å². The summed E-state index contributed by atoms with van der Waals surface area (Å²) in [6.07, 6.45) is 0.373. The lowest BCUT2D eigenvalue weighted by molar-refractivity contribution is 0.170. The fourth-order valence-electron chi connectivity index (χ4n) is 1.57. The van der Waals surface area contributed by atoms with Crippen LogP contribution >= 0.6 is 0 Å². The number of aryl methyl sites for hydroxylation is 1. The largest absolute Gasteiger partial charge is 0.486 e. The summed E-state index contributed by atoms with van der Waals surface area (Å²) in [5, 5.41) is 8.70. The second kappa shape index (κ2) is 3.59. The molecule has 1 aromatic rings. The molecule has 0 atom stereocenters. The van der Waals surface area contributed by atoms with Gasteiger partial charge in [-0.3, -0.25) is 0 Å². The fourth-order valence-corrected chi connectivity index (χ4v) is 1.57. The van der Waals surface area contributed by atoms with E-state index < -0.39 is 0 Å². The normalized spacial score (nSPS) is 13.4. The molecule has 1 aliphatic heterocycles. The Hall–Kier alpha value is -1.69. The number of ether oxygens (including phenoxy) is 2. The topological polar surface area (TPSA) is 42.2 Å². The number of hydrogen-bond donors (Lipinski definition) is 0.